The number of amides is 3. The standard InChI is InChI=1S/C63H80F2N10O13S/c1-72(62(77)75-63(23-10-24-66,49-11-4-2-5-12-49)89-61(71-75)54-45-50(64)19-22-55(54)65)87-44-43-86-42-41-85-40-39-84-38-37-83-36-35-82-34-33-81-32-31-80-30-29-79-28-27-78-26-9-16-56(76)73-25-8-13-51(46-73)74-60-57(59(67)68-47-69-60)58(70-74)48-17-20-53(21-18-48)88-52-14-6-3-7-15-52/h2-7,9,11-12,14-22,45,47,51H,8,10,13,23-44,46,66H2,1H3,(H2,67,68,69)/b16-9+/t51-,63?/m1/s1. The number of thioether (sulfide) groups is 1. The molecule has 4 N–H and O–H groups in total. The number of aromatic nitrogens is 4. The Labute approximate surface area is 521 Å². The van der Waals surface area contributed by atoms with Crippen LogP contribution < -0.4 is 16.2 Å². The first-order chi connectivity index (χ1) is 43.6. The molecule has 0 spiro atoms. The van der Waals surface area contributed by atoms with Crippen LogP contribution in [0.3, 0.4) is 0 Å². The van der Waals surface area contributed by atoms with Gasteiger partial charge in [0.2, 0.25) is 5.91 Å². The van der Waals surface area contributed by atoms with E-state index in [9.17, 15) is 18.4 Å². The Bertz CT molecular complexity index is 3140. The molecule has 23 nitrogen and oxygen atoms in total. The fourth-order valence-electron chi connectivity index (χ4n) is 9.58. The molecule has 1 fully saturated rings. The van der Waals surface area contributed by atoms with E-state index in [1.807, 2.05) is 94.5 Å². The SMILES string of the molecule is CN(OCCOCCOCCOCCOCCOCCOCCOCCOCCOC/C=C/C(=O)N1CCC[C@@H](n2nc(-c3ccc(Oc4ccccc4)cc3)c3c(N)ncnc32)C1)C(=O)N1N=C(c2cc(F)ccc2F)SC1(CCCN)c1ccccc1. The summed E-state index contributed by atoms with van der Waals surface area (Å²) < 4.78 is 87.4. The fourth-order valence-corrected chi connectivity index (χ4v) is 11.0. The number of nitrogens with two attached hydrogens (primary N) is 2. The number of hydrogen-bond donors (Lipinski definition) is 2. The number of fused-ring (bicyclic) bond motifs is 1. The molecule has 2 aliphatic rings. The molecule has 2 aromatic heterocycles. The van der Waals surface area contributed by atoms with Gasteiger partial charge in [0.15, 0.2) is 5.65 Å². The normalized spacial score (nSPS) is 16.0. The van der Waals surface area contributed by atoms with Gasteiger partial charge in [-0.2, -0.15) is 15.2 Å². The average Bonchev–Trinajstić information content (AvgIpc) is 3.70. The number of anilines is 1. The number of rotatable bonds is 40. The molecule has 0 aliphatic carbocycles. The number of hydrogen-bond acceptors (Lipinski definition) is 20. The van der Waals surface area contributed by atoms with Crippen LogP contribution in [0, 0.1) is 11.6 Å². The molecule has 8 rings (SSSR count). The van der Waals surface area contributed by atoms with E-state index in [1.54, 1.807) is 12.2 Å². The van der Waals surface area contributed by atoms with Gasteiger partial charge >= 0.3 is 6.03 Å². The molecule has 0 bridgehead atoms. The molecule has 0 radical (unpaired) electrons. The molecule has 1 unspecified atom stereocenters. The number of nitrogens with zero attached hydrogens (tertiary/aromatic N) is 8. The van der Waals surface area contributed by atoms with Gasteiger partial charge in [0, 0.05) is 37.3 Å². The number of para-hydroxylation sites is 1. The molecular formula is C63H80F2N10O13S. The van der Waals surface area contributed by atoms with Gasteiger partial charge in [-0.3, -0.25) is 9.63 Å². The minimum Gasteiger partial charge on any atom is -0.457 e. The van der Waals surface area contributed by atoms with Gasteiger partial charge in [-0.25, -0.2) is 33.3 Å². The first kappa shape index (κ1) is 67.9. The zero-order valence-electron chi connectivity index (χ0n) is 50.2. The molecule has 26 heteroatoms. The largest absolute Gasteiger partial charge is 0.457 e. The molecular weight excluding hydrogens is 1170 g/mol. The van der Waals surface area contributed by atoms with Crippen molar-refractivity contribution in [2.24, 2.45) is 10.8 Å². The summed E-state index contributed by atoms with van der Waals surface area (Å²) in [6.07, 6.45) is 7.28. The first-order valence-corrected chi connectivity index (χ1v) is 30.6. The van der Waals surface area contributed by atoms with Gasteiger partial charge in [-0.05, 0) is 92.4 Å². The van der Waals surface area contributed by atoms with Crippen LogP contribution in [0.15, 0.2) is 127 Å². The summed E-state index contributed by atoms with van der Waals surface area (Å²) in [7, 11) is 1.46. The second-order valence-corrected chi connectivity index (χ2v) is 21.5. The Morgan fingerprint density at radius 3 is 1.87 bits per heavy atom. The second-order valence-electron chi connectivity index (χ2n) is 20.2. The molecule has 0 saturated carbocycles. The maximum absolute atomic E-state index is 15.0. The maximum atomic E-state index is 15.0. The fraction of sp³-hybridized carbons (Fsp3) is 0.460. The van der Waals surface area contributed by atoms with Gasteiger partial charge in [-0.15, -0.1) is 0 Å². The van der Waals surface area contributed by atoms with Crippen LogP contribution in [-0.4, -0.2) is 204 Å². The third-order valence-corrected chi connectivity index (χ3v) is 15.4. The van der Waals surface area contributed by atoms with Crippen molar-refractivity contribution in [3.8, 4) is 22.8 Å². The van der Waals surface area contributed by atoms with Crippen molar-refractivity contribution in [1.82, 2.24) is 34.7 Å². The summed E-state index contributed by atoms with van der Waals surface area (Å²) in [5, 5.41) is 12.7. The lowest BCUT2D eigenvalue weighted by Gasteiger charge is -2.37. The number of piperidine rings is 1. The highest BCUT2D eigenvalue weighted by molar-refractivity contribution is 8.15. The summed E-state index contributed by atoms with van der Waals surface area (Å²) in [6, 6.07) is 28.9. The zero-order chi connectivity index (χ0) is 62.3. The summed E-state index contributed by atoms with van der Waals surface area (Å²) >= 11 is 1.17. The van der Waals surface area contributed by atoms with Crippen molar-refractivity contribution in [2.75, 3.05) is 158 Å². The lowest BCUT2D eigenvalue weighted by atomic mass is 10.0. The van der Waals surface area contributed by atoms with Gasteiger partial charge in [0.25, 0.3) is 0 Å². The Hall–Kier alpha value is -7.05. The van der Waals surface area contributed by atoms with Crippen LogP contribution in [0.25, 0.3) is 22.3 Å². The molecule has 4 heterocycles. The predicted octanol–water partition coefficient (Wildman–Crippen LogP) is 8.00. The Balaban J connectivity index is 0.568. The number of carbonyl (C=O) groups excluding carboxylic acids is 2. The minimum absolute atomic E-state index is 0.0468. The smallest absolute Gasteiger partial charge is 0.365 e. The number of halogens is 2. The number of likely N-dealkylation sites (tertiary alicyclic amines) is 1. The van der Waals surface area contributed by atoms with Crippen LogP contribution in [0.4, 0.5) is 19.4 Å². The van der Waals surface area contributed by atoms with E-state index in [-0.39, 0.29) is 42.4 Å². The van der Waals surface area contributed by atoms with E-state index < -0.39 is 22.5 Å². The molecule has 480 valence electrons. The van der Waals surface area contributed by atoms with Crippen molar-refractivity contribution < 1.29 is 70.6 Å². The highest BCUT2D eigenvalue weighted by Gasteiger charge is 2.50. The first-order valence-electron chi connectivity index (χ1n) is 29.8. The zero-order valence-corrected chi connectivity index (χ0v) is 51.0. The number of nitrogen functional groups attached to an aromatic ring is 1. The van der Waals surface area contributed by atoms with E-state index in [0.717, 1.165) is 53.0 Å². The van der Waals surface area contributed by atoms with Crippen LogP contribution in [0.1, 0.15) is 42.9 Å². The molecule has 89 heavy (non-hydrogen) atoms. The predicted molar refractivity (Wildman–Crippen MR) is 331 cm³/mol. The van der Waals surface area contributed by atoms with Gasteiger partial charge in [0.05, 0.1) is 137 Å². The summed E-state index contributed by atoms with van der Waals surface area (Å²) in [6.45, 7) is 8.38. The summed E-state index contributed by atoms with van der Waals surface area (Å²) in [5.74, 6) is 0.403. The molecule has 1 saturated heterocycles. The highest BCUT2D eigenvalue weighted by atomic mass is 32.2. The third-order valence-electron chi connectivity index (χ3n) is 14.0. The van der Waals surface area contributed by atoms with E-state index in [2.05, 4.69) is 15.1 Å². The Morgan fingerprint density at radius 1 is 0.708 bits per heavy atom. The van der Waals surface area contributed by atoms with Crippen molar-refractivity contribution in [2.45, 2.75) is 36.6 Å². The topological polar surface area (TPSA) is 253 Å². The van der Waals surface area contributed by atoms with Gasteiger partial charge < -0.3 is 63.7 Å². The highest BCUT2D eigenvalue weighted by Crippen LogP contribution is 2.51. The number of carbonyl (C=O) groups is 2. The molecule has 2 aliphatic heterocycles. The molecule has 2 atom stereocenters. The van der Waals surface area contributed by atoms with Gasteiger partial charge in [-0.1, -0.05) is 66.4 Å². The average molecular weight is 1260 g/mol. The Morgan fingerprint density at radius 2 is 1.27 bits per heavy atom. The van der Waals surface area contributed by atoms with E-state index in [4.69, 9.17) is 68.8 Å². The lowest BCUT2D eigenvalue weighted by molar-refractivity contribution is -0.127. The summed E-state index contributed by atoms with van der Waals surface area (Å²) in [4.78, 5) is 42.4. The number of hydrazone groups is 1. The molecule has 6 aromatic rings. The van der Waals surface area contributed by atoms with E-state index in [1.165, 1.54) is 30.1 Å². The van der Waals surface area contributed by atoms with E-state index in [0.29, 0.717) is 166 Å². The van der Waals surface area contributed by atoms with Crippen molar-refractivity contribution >= 4 is 45.6 Å². The molecule has 4 aromatic carbocycles. The van der Waals surface area contributed by atoms with Crippen molar-refractivity contribution in [3.63, 3.8) is 0 Å². The van der Waals surface area contributed by atoms with Crippen molar-refractivity contribution in [1.29, 1.82) is 0 Å². The second kappa shape index (κ2) is 37.2. The number of urea groups is 1. The van der Waals surface area contributed by atoms with Crippen LogP contribution in [-0.2, 0) is 57.1 Å². The van der Waals surface area contributed by atoms with Crippen molar-refractivity contribution in [3.05, 3.63) is 144 Å². The monoisotopic (exact) mass is 1250 g/mol. The molecule has 3 amide bonds. The number of ether oxygens (including phenoxy) is 10. The third kappa shape index (κ3) is 20.7. The van der Waals surface area contributed by atoms with Crippen LogP contribution in [0.2, 0.25) is 0 Å². The van der Waals surface area contributed by atoms with Crippen LogP contribution in [0.5, 0.6) is 11.5 Å². The van der Waals surface area contributed by atoms with E-state index >= 15 is 0 Å². The minimum atomic E-state index is -1.09. The van der Waals surface area contributed by atoms with Crippen LogP contribution >= 0.6 is 11.8 Å². The number of hydroxylamine groups is 2. The summed E-state index contributed by atoms with van der Waals surface area (Å²) in [5.41, 5.74) is 15.1. The van der Waals surface area contributed by atoms with Gasteiger partial charge in [0.1, 0.15) is 50.9 Å². The lowest BCUT2D eigenvalue weighted by Crippen LogP contribution is -2.47. The Kier molecular flexibility index (Phi) is 28.4. The number of benzene rings is 4. The maximum Gasteiger partial charge on any atom is 0.365 e. The quantitative estimate of drug-likeness (QED) is 0.0210.